The van der Waals surface area contributed by atoms with Gasteiger partial charge in [0.1, 0.15) is 12.4 Å². The minimum atomic E-state index is -0.150. The summed E-state index contributed by atoms with van der Waals surface area (Å²) in [5.74, 6) is 0.641. The number of anilines is 1. The number of nitrogens with zero attached hydrogens (tertiary/aromatic N) is 1. The Morgan fingerprint density at radius 2 is 1.81 bits per heavy atom. The van der Waals surface area contributed by atoms with Gasteiger partial charge in [0, 0.05) is 23.8 Å². The van der Waals surface area contributed by atoms with Crippen LogP contribution in [-0.4, -0.2) is 37.0 Å². The number of nitrogens with one attached hydrogen (secondary N) is 1. The Kier molecular flexibility index (Phi) is 6.85. The summed E-state index contributed by atoms with van der Waals surface area (Å²) in [6.07, 6.45) is 3.92. The molecule has 0 radical (unpaired) electrons. The van der Waals surface area contributed by atoms with Gasteiger partial charge in [0.2, 0.25) is 0 Å². The average molecular weight is 367 g/mol. The second-order valence-electron chi connectivity index (χ2n) is 7.11. The summed E-state index contributed by atoms with van der Waals surface area (Å²) in [6, 6.07) is 14.8. The number of hydrogen-bond donors (Lipinski definition) is 2. The number of piperidine rings is 1. The van der Waals surface area contributed by atoms with Crippen molar-refractivity contribution in [2.75, 3.05) is 31.6 Å². The number of carbonyl (C=O) groups is 1. The van der Waals surface area contributed by atoms with E-state index in [1.807, 2.05) is 43.3 Å². The van der Waals surface area contributed by atoms with Crippen LogP contribution in [0.5, 0.6) is 5.75 Å². The minimum Gasteiger partial charge on any atom is -0.492 e. The molecule has 0 saturated carbocycles. The molecule has 3 N–H and O–H groups in total. The highest BCUT2D eigenvalue weighted by Gasteiger charge is 2.12. The van der Waals surface area contributed by atoms with Crippen molar-refractivity contribution in [1.29, 1.82) is 0 Å². The number of nitrogens with two attached hydrogens (primary N) is 1. The summed E-state index contributed by atoms with van der Waals surface area (Å²) in [7, 11) is 0. The van der Waals surface area contributed by atoms with E-state index in [1.165, 1.54) is 32.4 Å². The molecule has 5 nitrogen and oxygen atoms in total. The van der Waals surface area contributed by atoms with Crippen molar-refractivity contribution in [2.45, 2.75) is 32.2 Å². The second kappa shape index (κ2) is 9.53. The van der Waals surface area contributed by atoms with Gasteiger partial charge >= 0.3 is 0 Å². The summed E-state index contributed by atoms with van der Waals surface area (Å²) >= 11 is 0. The lowest BCUT2D eigenvalue weighted by atomic mass is 10.1. The molecule has 2 aromatic rings. The topological polar surface area (TPSA) is 67.6 Å². The van der Waals surface area contributed by atoms with Crippen molar-refractivity contribution >= 4 is 11.6 Å². The highest BCUT2D eigenvalue weighted by Crippen LogP contribution is 2.22. The molecule has 144 valence electrons. The predicted octanol–water partition coefficient (Wildman–Crippen LogP) is 3.82. The van der Waals surface area contributed by atoms with Crippen LogP contribution in [-0.2, 0) is 0 Å². The lowest BCUT2D eigenvalue weighted by molar-refractivity contribution is 0.102. The maximum Gasteiger partial charge on any atom is 0.255 e. The quantitative estimate of drug-likeness (QED) is 0.781. The van der Waals surface area contributed by atoms with Gasteiger partial charge in [0.05, 0.1) is 0 Å². The molecule has 1 atom stereocenters. The molecule has 0 aromatic heterocycles. The van der Waals surface area contributed by atoms with Gasteiger partial charge in [-0.25, -0.2) is 0 Å². The lowest BCUT2D eigenvalue weighted by Crippen LogP contribution is -2.33. The molecule has 1 fully saturated rings. The van der Waals surface area contributed by atoms with Gasteiger partial charge in [-0.15, -0.1) is 0 Å². The van der Waals surface area contributed by atoms with E-state index in [1.54, 1.807) is 12.1 Å². The number of ether oxygens (including phenoxy) is 1. The van der Waals surface area contributed by atoms with Crippen LogP contribution in [0.15, 0.2) is 48.5 Å². The molecule has 0 aliphatic carbocycles. The Bertz CT molecular complexity index is 737. The van der Waals surface area contributed by atoms with Crippen molar-refractivity contribution in [3.05, 3.63) is 59.7 Å². The standard InChI is InChI=1S/C22H29N3O2/c1-17(23)20-7-3-4-8-21(20)24-22(26)18-9-11-19(12-10-18)27-16-15-25-13-5-2-6-14-25/h3-4,7-12,17H,2,5-6,13-16,23H2,1H3,(H,24,26). The van der Waals surface area contributed by atoms with Crippen molar-refractivity contribution in [2.24, 2.45) is 5.73 Å². The Morgan fingerprint density at radius 3 is 2.52 bits per heavy atom. The number of carbonyl (C=O) groups excluding carboxylic acids is 1. The number of para-hydroxylation sites is 1. The van der Waals surface area contributed by atoms with E-state index < -0.39 is 0 Å². The van der Waals surface area contributed by atoms with Gasteiger partial charge in [-0.3, -0.25) is 9.69 Å². The Morgan fingerprint density at radius 1 is 1.11 bits per heavy atom. The first kappa shape index (κ1) is 19.4. The highest BCUT2D eigenvalue weighted by atomic mass is 16.5. The lowest BCUT2D eigenvalue weighted by Gasteiger charge is -2.26. The van der Waals surface area contributed by atoms with Gasteiger partial charge < -0.3 is 15.8 Å². The van der Waals surface area contributed by atoms with Crippen LogP contribution < -0.4 is 15.8 Å². The average Bonchev–Trinajstić information content (AvgIpc) is 2.69. The first-order valence-electron chi connectivity index (χ1n) is 9.74. The molecule has 27 heavy (non-hydrogen) atoms. The van der Waals surface area contributed by atoms with Gasteiger partial charge in [0.15, 0.2) is 0 Å². The molecule has 0 bridgehead atoms. The SMILES string of the molecule is CC(N)c1ccccc1NC(=O)c1ccc(OCCN2CCCCC2)cc1. The third-order valence-corrected chi connectivity index (χ3v) is 4.94. The molecule has 1 saturated heterocycles. The molecular formula is C22H29N3O2. The van der Waals surface area contributed by atoms with E-state index in [9.17, 15) is 4.79 Å². The normalized spacial score (nSPS) is 15.9. The number of likely N-dealkylation sites (tertiary alicyclic amines) is 1. The molecule has 5 heteroatoms. The summed E-state index contributed by atoms with van der Waals surface area (Å²) in [5.41, 5.74) is 8.24. The smallest absolute Gasteiger partial charge is 0.255 e. The van der Waals surface area contributed by atoms with E-state index in [-0.39, 0.29) is 11.9 Å². The van der Waals surface area contributed by atoms with Gasteiger partial charge in [0.25, 0.3) is 5.91 Å². The van der Waals surface area contributed by atoms with Crippen LogP contribution in [0.1, 0.15) is 48.1 Å². The zero-order chi connectivity index (χ0) is 19.1. The molecule has 1 amide bonds. The number of amides is 1. The molecule has 1 aliphatic heterocycles. The monoisotopic (exact) mass is 367 g/mol. The third kappa shape index (κ3) is 5.55. The molecule has 0 spiro atoms. The Balaban J connectivity index is 1.53. The van der Waals surface area contributed by atoms with Gasteiger partial charge in [-0.05, 0) is 68.8 Å². The first-order chi connectivity index (χ1) is 13.1. The van der Waals surface area contributed by atoms with Crippen molar-refractivity contribution in [3.63, 3.8) is 0 Å². The Hall–Kier alpha value is -2.37. The summed E-state index contributed by atoms with van der Waals surface area (Å²) in [6.45, 7) is 5.88. The fourth-order valence-corrected chi connectivity index (χ4v) is 3.38. The van der Waals surface area contributed by atoms with Crippen molar-refractivity contribution in [3.8, 4) is 5.75 Å². The molecule has 2 aromatic carbocycles. The molecular weight excluding hydrogens is 338 g/mol. The highest BCUT2D eigenvalue weighted by molar-refractivity contribution is 6.04. The van der Waals surface area contributed by atoms with Crippen LogP contribution >= 0.6 is 0 Å². The molecule has 1 heterocycles. The number of benzene rings is 2. The van der Waals surface area contributed by atoms with E-state index in [0.717, 1.165) is 23.5 Å². The van der Waals surface area contributed by atoms with Crippen LogP contribution in [0.4, 0.5) is 5.69 Å². The van der Waals surface area contributed by atoms with Crippen LogP contribution in [0, 0.1) is 0 Å². The molecule has 1 unspecified atom stereocenters. The molecule has 3 rings (SSSR count). The van der Waals surface area contributed by atoms with Crippen LogP contribution in [0.2, 0.25) is 0 Å². The first-order valence-corrected chi connectivity index (χ1v) is 9.74. The number of hydrogen-bond acceptors (Lipinski definition) is 4. The Labute approximate surface area is 161 Å². The van der Waals surface area contributed by atoms with Gasteiger partial charge in [-0.1, -0.05) is 24.6 Å². The fraction of sp³-hybridized carbons (Fsp3) is 0.409. The van der Waals surface area contributed by atoms with E-state index in [0.29, 0.717) is 12.2 Å². The summed E-state index contributed by atoms with van der Waals surface area (Å²) < 4.78 is 5.82. The van der Waals surface area contributed by atoms with Crippen molar-refractivity contribution < 1.29 is 9.53 Å². The maximum atomic E-state index is 12.5. The second-order valence-corrected chi connectivity index (χ2v) is 7.11. The van der Waals surface area contributed by atoms with E-state index in [2.05, 4.69) is 10.2 Å². The third-order valence-electron chi connectivity index (χ3n) is 4.94. The maximum absolute atomic E-state index is 12.5. The van der Waals surface area contributed by atoms with Crippen LogP contribution in [0.3, 0.4) is 0 Å². The predicted molar refractivity (Wildman–Crippen MR) is 109 cm³/mol. The minimum absolute atomic E-state index is 0.142. The zero-order valence-electron chi connectivity index (χ0n) is 16.0. The van der Waals surface area contributed by atoms with Crippen LogP contribution in [0.25, 0.3) is 0 Å². The number of rotatable bonds is 7. The van der Waals surface area contributed by atoms with Crippen molar-refractivity contribution in [1.82, 2.24) is 4.90 Å². The molecule has 1 aliphatic rings. The largest absolute Gasteiger partial charge is 0.492 e. The zero-order valence-corrected chi connectivity index (χ0v) is 16.0. The van der Waals surface area contributed by atoms with Gasteiger partial charge in [-0.2, -0.15) is 0 Å². The summed E-state index contributed by atoms with van der Waals surface area (Å²) in [5, 5.41) is 2.95. The fourth-order valence-electron chi connectivity index (χ4n) is 3.38. The summed E-state index contributed by atoms with van der Waals surface area (Å²) in [4.78, 5) is 15.0. The van der Waals surface area contributed by atoms with E-state index >= 15 is 0 Å². The van der Waals surface area contributed by atoms with E-state index in [4.69, 9.17) is 10.5 Å².